The number of hydrogen-bond donors (Lipinski definition) is 3. The van der Waals surface area contributed by atoms with Crippen LogP contribution in [0.25, 0.3) is 0 Å². The van der Waals surface area contributed by atoms with Crippen molar-refractivity contribution in [2.24, 2.45) is 17.6 Å². The van der Waals surface area contributed by atoms with Gasteiger partial charge in [-0.1, -0.05) is 54.1 Å². The van der Waals surface area contributed by atoms with Crippen LogP contribution >= 0.6 is 11.6 Å². The number of para-hydroxylation sites is 1. The van der Waals surface area contributed by atoms with Gasteiger partial charge in [0.2, 0.25) is 23.6 Å². The van der Waals surface area contributed by atoms with Crippen molar-refractivity contribution in [2.75, 3.05) is 11.9 Å². The number of fused-ring (bicyclic) bond motifs is 4. The van der Waals surface area contributed by atoms with Crippen molar-refractivity contribution in [3.8, 4) is 0 Å². The monoisotopic (exact) mass is 452 g/mol. The molecule has 0 radical (unpaired) electrons. The minimum atomic E-state index is -1.49. The maximum absolute atomic E-state index is 13.6. The smallest absolute Gasteiger partial charge is 0.250 e. The van der Waals surface area contributed by atoms with E-state index in [2.05, 4.69) is 10.6 Å². The lowest BCUT2D eigenvalue weighted by atomic mass is 9.76. The van der Waals surface area contributed by atoms with E-state index < -0.39 is 47.0 Å². The van der Waals surface area contributed by atoms with Gasteiger partial charge in [0, 0.05) is 24.6 Å². The molecule has 2 saturated heterocycles. The Hall–Kier alpha value is -3.23. The highest BCUT2D eigenvalue weighted by atomic mass is 35.5. The Labute approximate surface area is 189 Å². The quantitative estimate of drug-likeness (QED) is 0.588. The van der Waals surface area contributed by atoms with E-state index in [1.807, 2.05) is 30.3 Å². The van der Waals surface area contributed by atoms with Gasteiger partial charge in [-0.25, -0.2) is 0 Å². The van der Waals surface area contributed by atoms with Gasteiger partial charge in [-0.3, -0.25) is 29.4 Å². The molecule has 0 saturated carbocycles. The third-order valence-electron chi connectivity index (χ3n) is 6.68. The van der Waals surface area contributed by atoms with Gasteiger partial charge in [-0.05, 0) is 18.1 Å². The molecule has 32 heavy (non-hydrogen) atoms. The van der Waals surface area contributed by atoms with Gasteiger partial charge in [0.25, 0.3) is 0 Å². The first-order valence-corrected chi connectivity index (χ1v) is 10.8. The summed E-state index contributed by atoms with van der Waals surface area (Å²) in [6.07, 6.45) is 0.324. The van der Waals surface area contributed by atoms with Gasteiger partial charge in [-0.15, -0.1) is 0 Å². The fourth-order valence-corrected chi connectivity index (χ4v) is 5.57. The Morgan fingerprint density at radius 2 is 1.81 bits per heavy atom. The number of carbonyl (C=O) groups excluding carboxylic acids is 4. The lowest BCUT2D eigenvalue weighted by Crippen LogP contribution is -2.53. The minimum Gasteiger partial charge on any atom is -0.370 e. The van der Waals surface area contributed by atoms with Crippen molar-refractivity contribution in [1.29, 1.82) is 0 Å². The molecule has 0 aliphatic carbocycles. The molecule has 0 aromatic heterocycles. The van der Waals surface area contributed by atoms with Crippen LogP contribution in [-0.4, -0.2) is 41.1 Å². The number of anilines is 1. The SMILES string of the molecule is NC(=O)C[C@H]1N[C@@]2(C(=O)Nc3c(Cl)cccc32)[C@@H]2C(=O)N(CCc3ccccc3)C(=O)[C@H]21. The number of nitrogens with two attached hydrogens (primary N) is 1. The number of hydrogen-bond acceptors (Lipinski definition) is 5. The molecule has 4 N–H and O–H groups in total. The summed E-state index contributed by atoms with van der Waals surface area (Å²) >= 11 is 6.29. The number of rotatable bonds is 5. The first-order chi connectivity index (χ1) is 15.3. The summed E-state index contributed by atoms with van der Waals surface area (Å²) in [7, 11) is 0. The van der Waals surface area contributed by atoms with Crippen molar-refractivity contribution in [3.63, 3.8) is 0 Å². The number of amides is 4. The zero-order valence-electron chi connectivity index (χ0n) is 17.0. The van der Waals surface area contributed by atoms with Crippen LogP contribution in [0.1, 0.15) is 17.5 Å². The van der Waals surface area contributed by atoms with Crippen molar-refractivity contribution in [1.82, 2.24) is 10.2 Å². The number of likely N-dealkylation sites (tertiary alicyclic amines) is 1. The third-order valence-corrected chi connectivity index (χ3v) is 6.99. The molecule has 2 fully saturated rings. The van der Waals surface area contributed by atoms with Crippen LogP contribution in [0.2, 0.25) is 5.02 Å². The van der Waals surface area contributed by atoms with Crippen molar-refractivity contribution in [3.05, 3.63) is 64.7 Å². The van der Waals surface area contributed by atoms with Crippen LogP contribution < -0.4 is 16.4 Å². The summed E-state index contributed by atoms with van der Waals surface area (Å²) in [6.45, 7) is 0.193. The topological polar surface area (TPSA) is 122 Å². The standard InChI is InChI=1S/C23H21ClN4O4/c24-14-8-4-7-13-19(14)26-22(32)23(13)18-17(15(27-23)11-16(25)29)20(30)28(21(18)31)10-9-12-5-2-1-3-6-12/h1-8,15,17-18,27H,9-11H2,(H2,25,29)(H,26,32)/t15-,17+,18+,23-/m1/s1. The highest BCUT2D eigenvalue weighted by Gasteiger charge is 2.70. The van der Waals surface area contributed by atoms with Crippen molar-refractivity contribution < 1.29 is 19.2 Å². The number of nitrogens with zero attached hydrogens (tertiary/aromatic N) is 1. The van der Waals surface area contributed by atoms with E-state index in [4.69, 9.17) is 17.3 Å². The molecule has 0 unspecified atom stereocenters. The average Bonchev–Trinajstić information content (AvgIpc) is 3.33. The van der Waals surface area contributed by atoms with E-state index in [0.29, 0.717) is 22.7 Å². The van der Waals surface area contributed by atoms with E-state index in [-0.39, 0.29) is 13.0 Å². The molecular weight excluding hydrogens is 432 g/mol. The Kier molecular flexibility index (Phi) is 4.79. The highest BCUT2D eigenvalue weighted by molar-refractivity contribution is 6.35. The summed E-state index contributed by atoms with van der Waals surface area (Å²) in [6, 6.07) is 13.8. The van der Waals surface area contributed by atoms with Gasteiger partial charge in [0.05, 0.1) is 22.5 Å². The van der Waals surface area contributed by atoms with E-state index >= 15 is 0 Å². The molecule has 4 atom stereocenters. The van der Waals surface area contributed by atoms with Crippen molar-refractivity contribution in [2.45, 2.75) is 24.4 Å². The first kappa shape index (κ1) is 20.7. The third kappa shape index (κ3) is 2.87. The molecule has 4 amide bonds. The normalized spacial score (nSPS) is 28.2. The number of carbonyl (C=O) groups is 4. The maximum atomic E-state index is 13.6. The molecule has 8 nitrogen and oxygen atoms in total. The van der Waals surface area contributed by atoms with E-state index in [9.17, 15) is 19.2 Å². The van der Waals surface area contributed by atoms with Gasteiger partial charge < -0.3 is 11.1 Å². The van der Waals surface area contributed by atoms with E-state index in [1.165, 1.54) is 4.90 Å². The first-order valence-electron chi connectivity index (χ1n) is 10.4. The minimum absolute atomic E-state index is 0.169. The maximum Gasteiger partial charge on any atom is 0.250 e. The van der Waals surface area contributed by atoms with Gasteiger partial charge in [-0.2, -0.15) is 0 Å². The summed E-state index contributed by atoms with van der Waals surface area (Å²) in [4.78, 5) is 53.2. The number of primary amides is 1. The summed E-state index contributed by atoms with van der Waals surface area (Å²) in [5.41, 5.74) is 5.85. The predicted molar refractivity (Wildman–Crippen MR) is 116 cm³/mol. The molecule has 5 rings (SSSR count). The Morgan fingerprint density at radius 1 is 1.06 bits per heavy atom. The lowest BCUT2D eigenvalue weighted by Gasteiger charge is -2.29. The number of halogens is 1. The van der Waals surface area contributed by atoms with E-state index in [0.717, 1.165) is 5.56 Å². The Balaban J connectivity index is 1.55. The summed E-state index contributed by atoms with van der Waals surface area (Å²) in [5.74, 6) is -3.77. The number of imide groups is 1. The van der Waals surface area contributed by atoms with Crippen LogP contribution in [-0.2, 0) is 31.1 Å². The molecule has 3 heterocycles. The predicted octanol–water partition coefficient (Wildman–Crippen LogP) is 1.18. The zero-order chi connectivity index (χ0) is 22.6. The molecule has 2 aromatic carbocycles. The van der Waals surface area contributed by atoms with Crippen LogP contribution in [0.5, 0.6) is 0 Å². The van der Waals surface area contributed by atoms with Crippen LogP contribution in [0.3, 0.4) is 0 Å². The zero-order valence-corrected chi connectivity index (χ0v) is 17.8. The molecule has 2 aromatic rings. The van der Waals surface area contributed by atoms with Crippen LogP contribution in [0, 0.1) is 11.8 Å². The second-order valence-electron chi connectivity index (χ2n) is 8.41. The second-order valence-corrected chi connectivity index (χ2v) is 8.82. The van der Waals surface area contributed by atoms with Crippen LogP contribution in [0.4, 0.5) is 5.69 Å². The number of benzene rings is 2. The molecule has 164 valence electrons. The molecular formula is C23H21ClN4O4. The van der Waals surface area contributed by atoms with Crippen molar-refractivity contribution >= 4 is 40.9 Å². The largest absolute Gasteiger partial charge is 0.370 e. The number of nitrogens with one attached hydrogen (secondary N) is 2. The second kappa shape index (κ2) is 7.43. The van der Waals surface area contributed by atoms with E-state index in [1.54, 1.807) is 18.2 Å². The summed E-state index contributed by atoms with van der Waals surface area (Å²) in [5, 5.41) is 6.24. The molecule has 9 heteroatoms. The summed E-state index contributed by atoms with van der Waals surface area (Å²) < 4.78 is 0. The molecule has 1 spiro atoms. The molecule has 3 aliphatic heterocycles. The average molecular weight is 453 g/mol. The lowest BCUT2D eigenvalue weighted by molar-refractivity contribution is -0.142. The van der Waals surface area contributed by atoms with Gasteiger partial charge in [0.15, 0.2) is 0 Å². The molecule has 3 aliphatic rings. The molecule has 0 bridgehead atoms. The van der Waals surface area contributed by atoms with Gasteiger partial charge in [0.1, 0.15) is 5.54 Å². The highest BCUT2D eigenvalue weighted by Crippen LogP contribution is 2.54. The Bertz CT molecular complexity index is 1150. The van der Waals surface area contributed by atoms with Gasteiger partial charge >= 0.3 is 0 Å². The fourth-order valence-electron chi connectivity index (χ4n) is 5.35. The Morgan fingerprint density at radius 3 is 2.53 bits per heavy atom. The fraction of sp³-hybridized carbons (Fsp3) is 0.304. The van der Waals surface area contributed by atoms with Crippen LogP contribution in [0.15, 0.2) is 48.5 Å².